The van der Waals surface area contributed by atoms with E-state index in [1.165, 1.54) is 23.9 Å². The summed E-state index contributed by atoms with van der Waals surface area (Å²) >= 11 is 0. The van der Waals surface area contributed by atoms with Crippen LogP contribution < -0.4 is 10.2 Å². The summed E-state index contributed by atoms with van der Waals surface area (Å²) in [7, 11) is 0. The lowest BCUT2D eigenvalue weighted by Gasteiger charge is -2.15. The molecule has 1 aromatic carbocycles. The van der Waals surface area contributed by atoms with E-state index < -0.39 is 17.6 Å². The van der Waals surface area contributed by atoms with Gasteiger partial charge in [-0.25, -0.2) is 9.67 Å². The van der Waals surface area contributed by atoms with Gasteiger partial charge in [-0.2, -0.15) is 18.3 Å². The first-order chi connectivity index (χ1) is 15.6. The number of nitrogens with zero attached hydrogens (tertiary/aromatic N) is 4. The minimum Gasteiger partial charge on any atom is -0.322 e. The van der Waals surface area contributed by atoms with E-state index in [0.29, 0.717) is 29.9 Å². The predicted octanol–water partition coefficient (Wildman–Crippen LogP) is 4.57. The molecule has 0 unspecified atom stereocenters. The highest BCUT2D eigenvalue weighted by Gasteiger charge is 2.31. The van der Waals surface area contributed by atoms with Gasteiger partial charge in [0.25, 0.3) is 5.91 Å². The van der Waals surface area contributed by atoms with Gasteiger partial charge in [0, 0.05) is 31.0 Å². The fourth-order valence-corrected chi connectivity index (χ4v) is 3.96. The molecule has 0 bridgehead atoms. The Bertz CT molecular complexity index is 1220. The van der Waals surface area contributed by atoms with Crippen molar-refractivity contribution in [1.29, 1.82) is 0 Å². The van der Waals surface area contributed by atoms with Gasteiger partial charge in [0.1, 0.15) is 0 Å². The van der Waals surface area contributed by atoms with Gasteiger partial charge < -0.3 is 10.2 Å². The Morgan fingerprint density at radius 3 is 2.48 bits per heavy atom. The van der Waals surface area contributed by atoms with Gasteiger partial charge in [0.15, 0.2) is 5.82 Å². The number of aromatic nitrogens is 3. The van der Waals surface area contributed by atoms with Crippen LogP contribution in [-0.4, -0.2) is 33.1 Å². The van der Waals surface area contributed by atoms with E-state index >= 15 is 0 Å². The van der Waals surface area contributed by atoms with Crippen molar-refractivity contribution >= 4 is 23.2 Å². The van der Waals surface area contributed by atoms with Crippen LogP contribution in [0.3, 0.4) is 0 Å². The van der Waals surface area contributed by atoms with Crippen LogP contribution in [0.2, 0.25) is 0 Å². The van der Waals surface area contributed by atoms with Gasteiger partial charge in [-0.15, -0.1) is 0 Å². The van der Waals surface area contributed by atoms with Gasteiger partial charge in [-0.1, -0.05) is 13.8 Å². The number of fused-ring (bicyclic) bond motifs is 1. The van der Waals surface area contributed by atoms with Crippen LogP contribution in [0.4, 0.5) is 24.5 Å². The summed E-state index contributed by atoms with van der Waals surface area (Å²) in [5, 5.41) is 7.07. The smallest absolute Gasteiger partial charge is 0.322 e. The monoisotopic (exact) mass is 457 g/mol. The number of nitrogens with one attached hydrogen (secondary N) is 1. The van der Waals surface area contributed by atoms with E-state index in [-0.39, 0.29) is 17.6 Å². The summed E-state index contributed by atoms with van der Waals surface area (Å²) in [6, 6.07) is 7.54. The Hall–Kier alpha value is -3.69. The fourth-order valence-electron chi connectivity index (χ4n) is 3.96. The third-order valence-electron chi connectivity index (χ3n) is 5.50. The molecule has 10 heteroatoms. The van der Waals surface area contributed by atoms with Crippen LogP contribution in [0.25, 0.3) is 5.82 Å². The second-order valence-electron chi connectivity index (χ2n) is 8.13. The van der Waals surface area contributed by atoms with Gasteiger partial charge in [-0.05, 0) is 48.2 Å². The molecule has 1 aliphatic heterocycles. The molecule has 33 heavy (non-hydrogen) atoms. The van der Waals surface area contributed by atoms with Crippen LogP contribution in [-0.2, 0) is 17.4 Å². The highest BCUT2D eigenvalue weighted by atomic mass is 19.4. The summed E-state index contributed by atoms with van der Waals surface area (Å²) in [5.41, 5.74) is 2.37. The molecule has 0 aliphatic carbocycles. The maximum absolute atomic E-state index is 13.0. The molecule has 7 nitrogen and oxygen atoms in total. The van der Waals surface area contributed by atoms with Crippen LogP contribution in [0.1, 0.15) is 53.9 Å². The largest absolute Gasteiger partial charge is 0.417 e. The molecule has 0 spiro atoms. The van der Waals surface area contributed by atoms with Crippen LogP contribution in [0.15, 0.2) is 42.7 Å². The van der Waals surface area contributed by atoms with Gasteiger partial charge in [-0.3, -0.25) is 9.59 Å². The summed E-state index contributed by atoms with van der Waals surface area (Å²) in [6.07, 6.45) is -1.66. The number of hydrogen-bond acceptors (Lipinski definition) is 4. The van der Waals surface area contributed by atoms with E-state index in [9.17, 15) is 22.8 Å². The number of anilines is 2. The molecule has 0 saturated heterocycles. The van der Waals surface area contributed by atoms with Crippen molar-refractivity contribution in [2.45, 2.75) is 39.3 Å². The molecule has 172 valence electrons. The lowest BCUT2D eigenvalue weighted by atomic mass is 10.0. The molecule has 0 radical (unpaired) electrons. The molecule has 3 heterocycles. The molecule has 0 atom stereocenters. The van der Waals surface area contributed by atoms with E-state index in [1.807, 2.05) is 19.9 Å². The van der Waals surface area contributed by atoms with E-state index in [2.05, 4.69) is 15.4 Å². The van der Waals surface area contributed by atoms with Crippen molar-refractivity contribution in [3.8, 4) is 5.82 Å². The summed E-state index contributed by atoms with van der Waals surface area (Å²) in [5.74, 6) is -0.385. The Morgan fingerprint density at radius 2 is 1.88 bits per heavy atom. The zero-order chi connectivity index (χ0) is 23.9. The molecule has 4 rings (SSSR count). The zero-order valence-electron chi connectivity index (χ0n) is 18.3. The predicted molar refractivity (Wildman–Crippen MR) is 117 cm³/mol. The molecular formula is C23H22F3N5O2. The number of halogens is 3. The highest BCUT2D eigenvalue weighted by molar-refractivity contribution is 6.05. The third kappa shape index (κ3) is 4.33. The number of pyridine rings is 1. The van der Waals surface area contributed by atoms with Gasteiger partial charge in [0.05, 0.1) is 23.0 Å². The average molecular weight is 457 g/mol. The van der Waals surface area contributed by atoms with E-state index in [1.54, 1.807) is 17.0 Å². The maximum Gasteiger partial charge on any atom is 0.417 e. The molecule has 1 N–H and O–H groups in total. The van der Waals surface area contributed by atoms with E-state index in [0.717, 1.165) is 23.5 Å². The second-order valence-corrected chi connectivity index (χ2v) is 8.13. The van der Waals surface area contributed by atoms with Gasteiger partial charge >= 0.3 is 6.18 Å². The standard InChI is InChI=1S/C23H22F3N5O2/c1-13(2)21-18(12-28-31(21)20-7-4-16(11-27-20)23(24,25)26)22(33)29-17-5-6-19-15(10-17)8-9-30(19)14(3)32/h4-7,10-13H,8-9H2,1-3H3,(H,29,33). The number of alkyl halides is 3. The topological polar surface area (TPSA) is 80.1 Å². The number of carbonyl (C=O) groups is 2. The van der Waals surface area contributed by atoms with E-state index in [4.69, 9.17) is 0 Å². The average Bonchev–Trinajstić information content (AvgIpc) is 3.37. The summed E-state index contributed by atoms with van der Waals surface area (Å²) in [4.78, 5) is 30.4. The fraction of sp³-hybridized carbons (Fsp3) is 0.304. The molecule has 0 fully saturated rings. The Balaban J connectivity index is 1.60. The molecular weight excluding hydrogens is 435 g/mol. The SMILES string of the molecule is CC(=O)N1CCc2cc(NC(=O)c3cnn(-c4ccc(C(F)(F)F)cn4)c3C(C)C)ccc21. The maximum atomic E-state index is 13.0. The zero-order valence-corrected chi connectivity index (χ0v) is 18.3. The molecule has 1 aliphatic rings. The van der Waals surface area contributed by atoms with Crippen LogP contribution >= 0.6 is 0 Å². The first-order valence-electron chi connectivity index (χ1n) is 10.4. The Morgan fingerprint density at radius 1 is 1.12 bits per heavy atom. The molecule has 0 saturated carbocycles. The lowest BCUT2D eigenvalue weighted by molar-refractivity contribution is -0.137. The Labute approximate surface area is 188 Å². The third-order valence-corrected chi connectivity index (χ3v) is 5.50. The molecule has 3 aromatic rings. The van der Waals surface area contributed by atoms with Crippen LogP contribution in [0, 0.1) is 0 Å². The number of amides is 2. The number of carbonyl (C=O) groups excluding carboxylic acids is 2. The van der Waals surface area contributed by atoms with Crippen LogP contribution in [0.5, 0.6) is 0 Å². The van der Waals surface area contributed by atoms with Crippen molar-refractivity contribution in [1.82, 2.24) is 14.8 Å². The van der Waals surface area contributed by atoms with Crippen molar-refractivity contribution in [3.63, 3.8) is 0 Å². The molecule has 2 amide bonds. The normalized spacial score (nSPS) is 13.4. The molecule has 2 aromatic heterocycles. The quantitative estimate of drug-likeness (QED) is 0.622. The minimum absolute atomic E-state index is 0.0311. The summed E-state index contributed by atoms with van der Waals surface area (Å²) < 4.78 is 39.9. The number of hydrogen-bond donors (Lipinski definition) is 1. The minimum atomic E-state index is -4.49. The lowest BCUT2D eigenvalue weighted by Crippen LogP contribution is -2.25. The highest BCUT2D eigenvalue weighted by Crippen LogP contribution is 2.32. The van der Waals surface area contributed by atoms with Crippen molar-refractivity contribution in [2.24, 2.45) is 0 Å². The summed E-state index contributed by atoms with van der Waals surface area (Å²) in [6.45, 7) is 5.84. The number of rotatable bonds is 4. The Kier molecular flexibility index (Phi) is 5.69. The first-order valence-corrected chi connectivity index (χ1v) is 10.4. The van der Waals surface area contributed by atoms with Gasteiger partial charge in [0.2, 0.25) is 5.91 Å². The van der Waals surface area contributed by atoms with Crippen molar-refractivity contribution in [3.05, 3.63) is 65.1 Å². The van der Waals surface area contributed by atoms with Crippen molar-refractivity contribution in [2.75, 3.05) is 16.8 Å². The first kappa shape index (κ1) is 22.5. The van der Waals surface area contributed by atoms with Crippen molar-refractivity contribution < 1.29 is 22.8 Å². The number of benzene rings is 1. The second kappa shape index (κ2) is 8.34.